The van der Waals surface area contributed by atoms with E-state index in [9.17, 15) is 10.1 Å². The van der Waals surface area contributed by atoms with Crippen molar-refractivity contribution in [2.24, 2.45) is 0 Å². The topological polar surface area (TPSA) is 73.4 Å². The number of nitrogens with one attached hydrogen (secondary N) is 1. The summed E-state index contributed by atoms with van der Waals surface area (Å²) in [5, 5.41) is 13.3. The van der Waals surface area contributed by atoms with Gasteiger partial charge in [-0.3, -0.25) is 10.1 Å². The van der Waals surface area contributed by atoms with Crippen LogP contribution in [0.2, 0.25) is 0 Å². The van der Waals surface area contributed by atoms with E-state index in [1.54, 1.807) is 17.0 Å². The summed E-state index contributed by atoms with van der Waals surface area (Å²) >= 11 is 0. The van der Waals surface area contributed by atoms with E-state index in [0.29, 0.717) is 12.4 Å². The summed E-state index contributed by atoms with van der Waals surface area (Å²) in [5.41, 5.74) is 0.933. The number of nitro benzene ring substituents is 1. The minimum absolute atomic E-state index is 0.0601. The van der Waals surface area contributed by atoms with Crippen molar-refractivity contribution in [3.63, 3.8) is 0 Å². The second-order valence-corrected chi connectivity index (χ2v) is 5.30. The molecule has 1 aromatic rings. The number of nitrogens with two attached hydrogens (primary N) is 1. The van der Waals surface area contributed by atoms with Gasteiger partial charge < -0.3 is 15.0 Å². The SMILES string of the molecule is Cc1ccc(OCCC[NH+]2CC[NH2+]CC2)c([N+](=O)[O-])c1. The third kappa shape index (κ3) is 4.18. The highest BCUT2D eigenvalue weighted by molar-refractivity contribution is 5.48. The van der Waals surface area contributed by atoms with Gasteiger partial charge in [-0.05, 0) is 18.6 Å². The van der Waals surface area contributed by atoms with Gasteiger partial charge >= 0.3 is 5.69 Å². The number of quaternary nitrogens is 2. The van der Waals surface area contributed by atoms with Gasteiger partial charge in [0, 0.05) is 12.5 Å². The fourth-order valence-electron chi connectivity index (χ4n) is 2.53. The van der Waals surface area contributed by atoms with Gasteiger partial charge in [-0.1, -0.05) is 6.07 Å². The summed E-state index contributed by atoms with van der Waals surface area (Å²) in [4.78, 5) is 12.2. The first kappa shape index (κ1) is 14.7. The smallest absolute Gasteiger partial charge is 0.311 e. The van der Waals surface area contributed by atoms with Crippen LogP contribution >= 0.6 is 0 Å². The lowest BCUT2D eigenvalue weighted by Crippen LogP contribution is -3.20. The van der Waals surface area contributed by atoms with Crippen molar-refractivity contribution in [1.82, 2.24) is 0 Å². The predicted molar refractivity (Wildman–Crippen MR) is 75.2 cm³/mol. The molecule has 0 atom stereocenters. The molecule has 1 aliphatic rings. The molecule has 0 bridgehead atoms. The number of aryl methyl sites for hydroxylation is 1. The van der Waals surface area contributed by atoms with Crippen LogP contribution in [0.5, 0.6) is 5.75 Å². The molecule has 2 rings (SSSR count). The van der Waals surface area contributed by atoms with E-state index in [1.165, 1.54) is 26.2 Å². The molecule has 0 radical (unpaired) electrons. The van der Waals surface area contributed by atoms with Crippen molar-refractivity contribution >= 4 is 5.69 Å². The number of hydrogen-bond acceptors (Lipinski definition) is 3. The number of nitro groups is 1. The average molecular weight is 281 g/mol. The molecule has 1 saturated heterocycles. The molecule has 110 valence electrons. The molecule has 0 unspecified atom stereocenters. The lowest BCUT2D eigenvalue weighted by Gasteiger charge is -2.22. The van der Waals surface area contributed by atoms with Crippen molar-refractivity contribution in [2.45, 2.75) is 13.3 Å². The molecule has 0 amide bonds. The van der Waals surface area contributed by atoms with Crippen molar-refractivity contribution in [1.29, 1.82) is 0 Å². The normalized spacial score (nSPS) is 16.1. The van der Waals surface area contributed by atoms with Gasteiger partial charge in [0.15, 0.2) is 5.75 Å². The van der Waals surface area contributed by atoms with Crippen LogP contribution in [-0.4, -0.2) is 44.3 Å². The van der Waals surface area contributed by atoms with Crippen LogP contribution in [0.4, 0.5) is 5.69 Å². The molecule has 1 aromatic carbocycles. The van der Waals surface area contributed by atoms with Gasteiger partial charge in [-0.2, -0.15) is 0 Å². The van der Waals surface area contributed by atoms with Gasteiger partial charge in [-0.15, -0.1) is 0 Å². The highest BCUT2D eigenvalue weighted by Gasteiger charge is 2.17. The monoisotopic (exact) mass is 281 g/mol. The maximum Gasteiger partial charge on any atom is 0.311 e. The molecule has 6 nitrogen and oxygen atoms in total. The Hall–Kier alpha value is -1.66. The van der Waals surface area contributed by atoms with Crippen LogP contribution in [-0.2, 0) is 0 Å². The Bertz CT molecular complexity index is 459. The molecule has 0 aliphatic carbocycles. The van der Waals surface area contributed by atoms with E-state index in [2.05, 4.69) is 5.32 Å². The van der Waals surface area contributed by atoms with Crippen molar-refractivity contribution in [2.75, 3.05) is 39.3 Å². The Labute approximate surface area is 118 Å². The Kier molecular flexibility index (Phi) is 5.31. The summed E-state index contributed by atoms with van der Waals surface area (Å²) in [5.74, 6) is 0.377. The van der Waals surface area contributed by atoms with E-state index in [-0.39, 0.29) is 10.6 Å². The molecular formula is C14H23N3O3+2. The van der Waals surface area contributed by atoms with Gasteiger partial charge in [0.05, 0.1) is 18.1 Å². The molecule has 1 heterocycles. The highest BCUT2D eigenvalue weighted by atomic mass is 16.6. The first-order valence-corrected chi connectivity index (χ1v) is 7.20. The fourth-order valence-corrected chi connectivity index (χ4v) is 2.53. The van der Waals surface area contributed by atoms with Gasteiger partial charge in [0.25, 0.3) is 0 Å². The van der Waals surface area contributed by atoms with Crippen LogP contribution in [0.25, 0.3) is 0 Å². The summed E-state index contributed by atoms with van der Waals surface area (Å²) in [7, 11) is 0. The second-order valence-electron chi connectivity index (χ2n) is 5.30. The number of nitrogens with zero attached hydrogens (tertiary/aromatic N) is 1. The zero-order valence-corrected chi connectivity index (χ0v) is 11.9. The largest absolute Gasteiger partial charge is 0.487 e. The first-order chi connectivity index (χ1) is 9.66. The van der Waals surface area contributed by atoms with Crippen molar-refractivity contribution in [3.8, 4) is 5.75 Å². The van der Waals surface area contributed by atoms with Crippen LogP contribution in [0, 0.1) is 17.0 Å². The zero-order valence-electron chi connectivity index (χ0n) is 11.9. The third-order valence-electron chi connectivity index (χ3n) is 3.65. The lowest BCUT2D eigenvalue weighted by atomic mass is 10.2. The summed E-state index contributed by atoms with van der Waals surface area (Å²) in [6.45, 7) is 8.24. The van der Waals surface area contributed by atoms with E-state index < -0.39 is 0 Å². The molecule has 1 fully saturated rings. The van der Waals surface area contributed by atoms with Gasteiger partial charge in [-0.25, -0.2) is 0 Å². The average Bonchev–Trinajstić information content (AvgIpc) is 2.45. The summed E-state index contributed by atoms with van der Waals surface area (Å²) < 4.78 is 5.58. The molecule has 20 heavy (non-hydrogen) atoms. The Morgan fingerprint density at radius 1 is 1.40 bits per heavy atom. The Balaban J connectivity index is 1.80. The number of ether oxygens (including phenoxy) is 1. The molecule has 0 spiro atoms. The first-order valence-electron chi connectivity index (χ1n) is 7.20. The quantitative estimate of drug-likeness (QED) is 0.405. The highest BCUT2D eigenvalue weighted by Crippen LogP contribution is 2.27. The fraction of sp³-hybridized carbons (Fsp3) is 0.571. The molecule has 0 saturated carbocycles. The minimum atomic E-state index is -0.381. The molecule has 0 aromatic heterocycles. The lowest BCUT2D eigenvalue weighted by molar-refractivity contribution is -0.946. The number of hydrogen-bond donors (Lipinski definition) is 2. The zero-order chi connectivity index (χ0) is 14.4. The molecule has 6 heteroatoms. The van der Waals surface area contributed by atoms with Crippen LogP contribution < -0.4 is 15.0 Å². The minimum Gasteiger partial charge on any atom is -0.487 e. The van der Waals surface area contributed by atoms with E-state index >= 15 is 0 Å². The van der Waals surface area contributed by atoms with Gasteiger partial charge in [0.1, 0.15) is 26.2 Å². The molecule has 3 N–H and O–H groups in total. The van der Waals surface area contributed by atoms with Crippen LogP contribution in [0.1, 0.15) is 12.0 Å². The maximum absolute atomic E-state index is 11.0. The number of rotatable bonds is 6. The van der Waals surface area contributed by atoms with Gasteiger partial charge in [0.2, 0.25) is 0 Å². The Morgan fingerprint density at radius 2 is 2.15 bits per heavy atom. The van der Waals surface area contributed by atoms with Crippen LogP contribution in [0.3, 0.4) is 0 Å². The van der Waals surface area contributed by atoms with E-state index in [1.807, 2.05) is 13.0 Å². The maximum atomic E-state index is 11.0. The van der Waals surface area contributed by atoms with Crippen LogP contribution in [0.15, 0.2) is 18.2 Å². The number of piperazine rings is 1. The van der Waals surface area contributed by atoms with Crippen molar-refractivity contribution < 1.29 is 19.9 Å². The van der Waals surface area contributed by atoms with E-state index in [4.69, 9.17) is 4.74 Å². The second kappa shape index (κ2) is 7.21. The molecule has 1 aliphatic heterocycles. The predicted octanol–water partition coefficient (Wildman–Crippen LogP) is -0.866. The van der Waals surface area contributed by atoms with Crippen molar-refractivity contribution in [3.05, 3.63) is 33.9 Å². The number of benzene rings is 1. The van der Waals surface area contributed by atoms with E-state index in [0.717, 1.165) is 18.5 Å². The molecular weight excluding hydrogens is 258 g/mol. The summed E-state index contributed by atoms with van der Waals surface area (Å²) in [6.07, 6.45) is 0.931. The standard InChI is InChI=1S/C14H21N3O3/c1-12-3-4-14(13(11-12)17(18)19)20-10-2-7-16-8-5-15-6-9-16/h3-4,11,15H,2,5-10H2,1H3/p+2. The third-order valence-corrected chi connectivity index (χ3v) is 3.65. The summed E-state index contributed by atoms with van der Waals surface area (Å²) in [6, 6.07) is 5.09. The Morgan fingerprint density at radius 3 is 2.85 bits per heavy atom.